The van der Waals surface area contributed by atoms with Gasteiger partial charge in [-0.3, -0.25) is 0 Å². The fraction of sp³-hybridized carbons (Fsp3) is 0.846. The molecule has 2 N–H and O–H groups in total. The van der Waals surface area contributed by atoms with Crippen molar-refractivity contribution in [3.8, 4) is 0 Å². The predicted molar refractivity (Wildman–Crippen MR) is 67.4 cm³/mol. The molecule has 0 aromatic heterocycles. The van der Waals surface area contributed by atoms with Crippen molar-refractivity contribution < 1.29 is 19.4 Å². The van der Waals surface area contributed by atoms with E-state index in [1.165, 1.54) is 0 Å². The fourth-order valence-corrected chi connectivity index (χ4v) is 2.43. The molecule has 0 saturated heterocycles. The lowest BCUT2D eigenvalue weighted by Crippen LogP contribution is -2.51. The van der Waals surface area contributed by atoms with Gasteiger partial charge < -0.3 is 15.2 Å². The second-order valence-corrected chi connectivity index (χ2v) is 6.28. The first-order valence-electron chi connectivity index (χ1n) is 6.36. The quantitative estimate of drug-likeness (QED) is 0.814. The number of ether oxygens (including phenoxy) is 1. The molecule has 0 bridgehead atoms. The number of aliphatic carboxylic acids is 1. The average Bonchev–Trinajstić information content (AvgIpc) is 2.59. The summed E-state index contributed by atoms with van der Waals surface area (Å²) in [6.45, 7) is 7.16. The molecular weight excluding hydrogens is 234 g/mol. The van der Waals surface area contributed by atoms with E-state index in [1.54, 1.807) is 20.8 Å². The van der Waals surface area contributed by atoms with Crippen LogP contribution in [0.15, 0.2) is 0 Å². The van der Waals surface area contributed by atoms with Crippen molar-refractivity contribution in [1.82, 2.24) is 5.32 Å². The Morgan fingerprint density at radius 2 is 1.78 bits per heavy atom. The van der Waals surface area contributed by atoms with E-state index < -0.39 is 23.7 Å². The van der Waals surface area contributed by atoms with Crippen LogP contribution in [0.25, 0.3) is 0 Å². The molecule has 0 heterocycles. The topological polar surface area (TPSA) is 75.6 Å². The zero-order valence-corrected chi connectivity index (χ0v) is 11.6. The summed E-state index contributed by atoms with van der Waals surface area (Å²) in [5.41, 5.74) is -0.994. The lowest BCUT2D eigenvalue weighted by atomic mass is 9.80. The Morgan fingerprint density at radius 1 is 1.28 bits per heavy atom. The molecule has 0 aromatic carbocycles. The molecule has 0 radical (unpaired) electrons. The van der Waals surface area contributed by atoms with Gasteiger partial charge in [0.15, 0.2) is 0 Å². The fourth-order valence-electron chi connectivity index (χ4n) is 2.43. The molecule has 1 fully saturated rings. The summed E-state index contributed by atoms with van der Waals surface area (Å²) in [7, 11) is 0. The number of nitrogens with one attached hydrogen (secondary N) is 1. The molecule has 1 rings (SSSR count). The number of hydrogen-bond donors (Lipinski definition) is 2. The van der Waals surface area contributed by atoms with E-state index in [2.05, 4.69) is 5.32 Å². The summed E-state index contributed by atoms with van der Waals surface area (Å²) < 4.78 is 5.11. The number of amides is 1. The SMILES string of the molecule is CC(C)(C)OC(=O)NC(C(=O)O)C1(C)CCCC1. The third-order valence-electron chi connectivity index (χ3n) is 3.35. The maximum Gasteiger partial charge on any atom is 0.408 e. The molecule has 1 aliphatic carbocycles. The molecule has 5 heteroatoms. The van der Waals surface area contributed by atoms with Crippen LogP contribution in [0.4, 0.5) is 4.79 Å². The first-order valence-corrected chi connectivity index (χ1v) is 6.36. The normalized spacial score (nSPS) is 20.2. The van der Waals surface area contributed by atoms with Gasteiger partial charge in [-0.25, -0.2) is 9.59 Å². The van der Waals surface area contributed by atoms with Gasteiger partial charge in [-0.1, -0.05) is 19.8 Å². The Morgan fingerprint density at radius 3 is 2.17 bits per heavy atom. The van der Waals surface area contributed by atoms with Crippen molar-refractivity contribution in [3.05, 3.63) is 0 Å². The zero-order valence-electron chi connectivity index (χ0n) is 11.6. The van der Waals surface area contributed by atoms with Gasteiger partial charge in [0, 0.05) is 0 Å². The molecule has 1 unspecified atom stereocenters. The molecule has 1 amide bonds. The highest BCUT2D eigenvalue weighted by Crippen LogP contribution is 2.40. The Labute approximate surface area is 108 Å². The summed E-state index contributed by atoms with van der Waals surface area (Å²) in [6, 6.07) is -0.880. The highest BCUT2D eigenvalue weighted by Gasteiger charge is 2.42. The Hall–Kier alpha value is -1.26. The monoisotopic (exact) mass is 257 g/mol. The van der Waals surface area contributed by atoms with Gasteiger partial charge in [0.1, 0.15) is 11.6 Å². The lowest BCUT2D eigenvalue weighted by molar-refractivity contribution is -0.142. The van der Waals surface area contributed by atoms with Crippen molar-refractivity contribution in [2.24, 2.45) is 5.41 Å². The van der Waals surface area contributed by atoms with Crippen LogP contribution in [-0.4, -0.2) is 28.8 Å². The van der Waals surface area contributed by atoms with Gasteiger partial charge >= 0.3 is 12.1 Å². The van der Waals surface area contributed by atoms with Gasteiger partial charge in [0.05, 0.1) is 0 Å². The summed E-state index contributed by atoms with van der Waals surface area (Å²) in [6.07, 6.45) is 2.99. The molecule has 1 aliphatic rings. The van der Waals surface area contributed by atoms with E-state index in [4.69, 9.17) is 4.74 Å². The van der Waals surface area contributed by atoms with Crippen molar-refractivity contribution >= 4 is 12.1 Å². The van der Waals surface area contributed by atoms with Gasteiger partial charge in [-0.05, 0) is 39.0 Å². The van der Waals surface area contributed by atoms with Crippen LogP contribution in [0.2, 0.25) is 0 Å². The van der Waals surface area contributed by atoms with Crippen molar-refractivity contribution in [2.45, 2.75) is 65.0 Å². The van der Waals surface area contributed by atoms with Gasteiger partial charge in [0.25, 0.3) is 0 Å². The number of carboxylic acid groups (broad SMARTS) is 1. The van der Waals surface area contributed by atoms with Crippen LogP contribution in [0.1, 0.15) is 53.4 Å². The van der Waals surface area contributed by atoms with Crippen LogP contribution in [0.5, 0.6) is 0 Å². The zero-order chi connectivity index (χ0) is 14.0. The average molecular weight is 257 g/mol. The largest absolute Gasteiger partial charge is 0.480 e. The summed E-state index contributed by atoms with van der Waals surface area (Å²) in [4.78, 5) is 23.0. The van der Waals surface area contributed by atoms with Crippen molar-refractivity contribution in [2.75, 3.05) is 0 Å². The van der Waals surface area contributed by atoms with Crippen LogP contribution in [-0.2, 0) is 9.53 Å². The van der Waals surface area contributed by atoms with Crippen LogP contribution in [0, 0.1) is 5.41 Å². The number of carboxylic acids is 1. The maximum atomic E-state index is 11.7. The van der Waals surface area contributed by atoms with E-state index in [0.717, 1.165) is 25.7 Å². The molecule has 5 nitrogen and oxygen atoms in total. The summed E-state index contributed by atoms with van der Waals surface area (Å²) >= 11 is 0. The summed E-state index contributed by atoms with van der Waals surface area (Å²) in [5, 5.41) is 11.8. The summed E-state index contributed by atoms with van der Waals surface area (Å²) in [5.74, 6) is -0.995. The molecule has 1 saturated carbocycles. The van der Waals surface area contributed by atoms with E-state index in [9.17, 15) is 14.7 Å². The first kappa shape index (κ1) is 14.8. The minimum Gasteiger partial charge on any atom is -0.480 e. The smallest absolute Gasteiger partial charge is 0.408 e. The van der Waals surface area contributed by atoms with Crippen molar-refractivity contribution in [3.63, 3.8) is 0 Å². The molecule has 0 aromatic rings. The number of hydrogen-bond acceptors (Lipinski definition) is 3. The van der Waals surface area contributed by atoms with E-state index >= 15 is 0 Å². The second kappa shape index (κ2) is 5.16. The van der Waals surface area contributed by atoms with Gasteiger partial charge in [0.2, 0.25) is 0 Å². The van der Waals surface area contributed by atoms with E-state index in [0.29, 0.717) is 0 Å². The Bertz CT molecular complexity index is 326. The van der Waals surface area contributed by atoms with Gasteiger partial charge in [-0.15, -0.1) is 0 Å². The molecule has 104 valence electrons. The number of carbonyl (C=O) groups is 2. The molecular formula is C13H23NO4. The van der Waals surface area contributed by atoms with E-state index in [-0.39, 0.29) is 5.41 Å². The number of alkyl carbamates (subject to hydrolysis) is 1. The Balaban J connectivity index is 2.70. The number of rotatable bonds is 3. The van der Waals surface area contributed by atoms with Crippen LogP contribution < -0.4 is 5.32 Å². The lowest BCUT2D eigenvalue weighted by Gasteiger charge is -2.32. The van der Waals surface area contributed by atoms with Gasteiger partial charge in [-0.2, -0.15) is 0 Å². The molecule has 18 heavy (non-hydrogen) atoms. The molecule has 0 aliphatic heterocycles. The molecule has 1 atom stereocenters. The standard InChI is InChI=1S/C13H23NO4/c1-12(2,3)18-11(17)14-9(10(15)16)13(4)7-5-6-8-13/h9H,5-8H2,1-4H3,(H,14,17)(H,15,16). The van der Waals surface area contributed by atoms with Crippen molar-refractivity contribution in [1.29, 1.82) is 0 Å². The highest BCUT2D eigenvalue weighted by atomic mass is 16.6. The highest BCUT2D eigenvalue weighted by molar-refractivity contribution is 5.81. The minimum absolute atomic E-state index is 0.372. The third kappa shape index (κ3) is 3.89. The predicted octanol–water partition coefficient (Wildman–Crippen LogP) is 2.54. The van der Waals surface area contributed by atoms with E-state index in [1.807, 2.05) is 6.92 Å². The first-order chi connectivity index (χ1) is 8.14. The maximum absolute atomic E-state index is 11.7. The third-order valence-corrected chi connectivity index (χ3v) is 3.35. The number of carbonyl (C=O) groups excluding carboxylic acids is 1. The van der Waals surface area contributed by atoms with Crippen LogP contribution >= 0.6 is 0 Å². The van der Waals surface area contributed by atoms with Crippen LogP contribution in [0.3, 0.4) is 0 Å². The Kier molecular flexibility index (Phi) is 4.24. The minimum atomic E-state index is -0.995. The molecule has 0 spiro atoms. The second-order valence-electron chi connectivity index (χ2n) is 6.28.